The molecule has 1 aromatic carbocycles. The van der Waals surface area contributed by atoms with E-state index in [1.807, 2.05) is 30.3 Å². The molecule has 1 aromatic heterocycles. The van der Waals surface area contributed by atoms with Gasteiger partial charge in [-0.2, -0.15) is 8.78 Å². The van der Waals surface area contributed by atoms with Crippen molar-refractivity contribution in [2.75, 3.05) is 7.11 Å². The summed E-state index contributed by atoms with van der Waals surface area (Å²) < 4.78 is 36.8. The third-order valence-corrected chi connectivity index (χ3v) is 2.93. The van der Waals surface area contributed by atoms with Gasteiger partial charge >= 0.3 is 5.97 Å². The highest BCUT2D eigenvalue weighted by molar-refractivity contribution is 5.91. The molecule has 0 N–H and O–H groups in total. The fraction of sp³-hybridized carbons (Fsp3) is 0.250. The Morgan fingerprint density at radius 1 is 1.18 bits per heavy atom. The standard InChI is InChI=1S/C16H15F2NO3/c1-16(17,18)13-9-8-12(15(20)21-2)14(19-13)22-10-11-6-4-3-5-7-11/h3-9H,10H2,1-2H3. The van der Waals surface area contributed by atoms with Crippen LogP contribution in [0.15, 0.2) is 42.5 Å². The number of ether oxygens (including phenoxy) is 2. The summed E-state index contributed by atoms with van der Waals surface area (Å²) in [5, 5.41) is 0. The predicted molar refractivity (Wildman–Crippen MR) is 75.9 cm³/mol. The highest BCUT2D eigenvalue weighted by atomic mass is 19.3. The molecule has 6 heteroatoms. The molecule has 0 spiro atoms. The molecule has 0 unspecified atom stereocenters. The number of benzene rings is 1. The van der Waals surface area contributed by atoms with Gasteiger partial charge < -0.3 is 9.47 Å². The number of rotatable bonds is 5. The summed E-state index contributed by atoms with van der Waals surface area (Å²) in [7, 11) is 1.20. The van der Waals surface area contributed by atoms with Gasteiger partial charge in [-0.3, -0.25) is 0 Å². The smallest absolute Gasteiger partial charge is 0.343 e. The van der Waals surface area contributed by atoms with Crippen molar-refractivity contribution in [2.45, 2.75) is 19.5 Å². The van der Waals surface area contributed by atoms with Gasteiger partial charge in [-0.25, -0.2) is 9.78 Å². The van der Waals surface area contributed by atoms with Crippen LogP contribution in [0.1, 0.15) is 28.5 Å². The Morgan fingerprint density at radius 2 is 1.86 bits per heavy atom. The second-order valence-electron chi connectivity index (χ2n) is 4.70. The number of carbonyl (C=O) groups is 1. The maximum atomic E-state index is 13.4. The zero-order chi connectivity index (χ0) is 16.2. The zero-order valence-corrected chi connectivity index (χ0v) is 12.2. The van der Waals surface area contributed by atoms with Crippen molar-refractivity contribution in [3.05, 3.63) is 59.3 Å². The summed E-state index contributed by atoms with van der Waals surface area (Å²) >= 11 is 0. The summed E-state index contributed by atoms with van der Waals surface area (Å²) in [6, 6.07) is 11.4. The third kappa shape index (κ3) is 3.78. The fourth-order valence-electron chi connectivity index (χ4n) is 1.79. The first kappa shape index (κ1) is 15.9. The quantitative estimate of drug-likeness (QED) is 0.793. The first-order chi connectivity index (χ1) is 10.4. The average Bonchev–Trinajstić information content (AvgIpc) is 2.52. The molecule has 22 heavy (non-hydrogen) atoms. The van der Waals surface area contributed by atoms with Crippen molar-refractivity contribution in [1.82, 2.24) is 4.98 Å². The third-order valence-electron chi connectivity index (χ3n) is 2.93. The van der Waals surface area contributed by atoms with Crippen molar-refractivity contribution < 1.29 is 23.0 Å². The number of carbonyl (C=O) groups excluding carboxylic acids is 1. The molecule has 116 valence electrons. The molecule has 0 aliphatic heterocycles. The number of pyridine rings is 1. The lowest BCUT2D eigenvalue weighted by Crippen LogP contribution is -2.14. The van der Waals surface area contributed by atoms with Gasteiger partial charge in [0.25, 0.3) is 5.92 Å². The SMILES string of the molecule is COC(=O)c1ccc(C(C)(F)F)nc1OCc1ccccc1. The number of nitrogens with zero attached hydrogens (tertiary/aromatic N) is 1. The van der Waals surface area contributed by atoms with Gasteiger partial charge in [0, 0.05) is 6.92 Å². The molecule has 0 atom stereocenters. The summed E-state index contributed by atoms with van der Waals surface area (Å²) in [4.78, 5) is 15.4. The van der Waals surface area contributed by atoms with E-state index in [1.165, 1.54) is 13.2 Å². The van der Waals surface area contributed by atoms with Crippen LogP contribution in [-0.4, -0.2) is 18.1 Å². The van der Waals surface area contributed by atoms with E-state index in [-0.39, 0.29) is 18.1 Å². The van der Waals surface area contributed by atoms with E-state index in [0.29, 0.717) is 0 Å². The molecular formula is C16H15F2NO3. The van der Waals surface area contributed by atoms with Crippen molar-refractivity contribution in [3.63, 3.8) is 0 Å². The molecule has 2 rings (SSSR count). The minimum Gasteiger partial charge on any atom is -0.472 e. The monoisotopic (exact) mass is 307 g/mol. The minimum atomic E-state index is -3.13. The Hall–Kier alpha value is -2.50. The Balaban J connectivity index is 2.31. The van der Waals surface area contributed by atoms with Crippen molar-refractivity contribution in [1.29, 1.82) is 0 Å². The summed E-state index contributed by atoms with van der Waals surface area (Å²) in [6.07, 6.45) is 0. The minimum absolute atomic E-state index is 0.00595. The molecule has 2 aromatic rings. The number of halogens is 2. The predicted octanol–water partition coefficient (Wildman–Crippen LogP) is 3.56. The number of alkyl halides is 2. The van der Waals surface area contributed by atoms with Gasteiger partial charge in [0.1, 0.15) is 17.9 Å². The summed E-state index contributed by atoms with van der Waals surface area (Å²) in [5.74, 6) is -3.99. The van der Waals surface area contributed by atoms with Gasteiger partial charge in [-0.05, 0) is 17.7 Å². The molecule has 0 aliphatic rings. The van der Waals surface area contributed by atoms with E-state index in [4.69, 9.17) is 4.74 Å². The Kier molecular flexibility index (Phi) is 4.70. The van der Waals surface area contributed by atoms with Crippen LogP contribution in [0.25, 0.3) is 0 Å². The van der Waals surface area contributed by atoms with Gasteiger partial charge in [0.05, 0.1) is 7.11 Å². The Labute approximate surface area is 126 Å². The first-order valence-corrected chi connectivity index (χ1v) is 6.56. The molecular weight excluding hydrogens is 292 g/mol. The number of methoxy groups -OCH3 is 1. The van der Waals surface area contributed by atoms with Crippen LogP contribution in [0.2, 0.25) is 0 Å². The van der Waals surface area contributed by atoms with E-state index in [1.54, 1.807) is 0 Å². The van der Waals surface area contributed by atoms with Gasteiger partial charge in [-0.15, -0.1) is 0 Å². The lowest BCUT2D eigenvalue weighted by Gasteiger charge is -2.14. The first-order valence-electron chi connectivity index (χ1n) is 6.56. The second kappa shape index (κ2) is 6.51. The van der Waals surface area contributed by atoms with Gasteiger partial charge in [-0.1, -0.05) is 30.3 Å². The summed E-state index contributed by atoms with van der Waals surface area (Å²) in [5.41, 5.74) is 0.364. The highest BCUT2D eigenvalue weighted by Gasteiger charge is 2.28. The molecule has 4 nitrogen and oxygen atoms in total. The average molecular weight is 307 g/mol. The number of esters is 1. The second-order valence-corrected chi connectivity index (χ2v) is 4.70. The zero-order valence-electron chi connectivity index (χ0n) is 12.2. The van der Waals surface area contributed by atoms with Crippen LogP contribution in [-0.2, 0) is 17.3 Å². The van der Waals surface area contributed by atoms with E-state index in [9.17, 15) is 13.6 Å². The lowest BCUT2D eigenvalue weighted by atomic mass is 10.2. The number of hydrogen-bond acceptors (Lipinski definition) is 4. The molecule has 0 saturated carbocycles. The van der Waals surface area contributed by atoms with Crippen LogP contribution < -0.4 is 4.74 Å². The molecule has 0 saturated heterocycles. The van der Waals surface area contributed by atoms with Crippen molar-refractivity contribution >= 4 is 5.97 Å². The van der Waals surface area contributed by atoms with Crippen LogP contribution in [0.3, 0.4) is 0 Å². The van der Waals surface area contributed by atoms with E-state index >= 15 is 0 Å². The molecule has 0 amide bonds. The maximum Gasteiger partial charge on any atom is 0.343 e. The molecule has 0 aliphatic carbocycles. The molecule has 1 heterocycles. The van der Waals surface area contributed by atoms with Crippen molar-refractivity contribution in [2.24, 2.45) is 0 Å². The van der Waals surface area contributed by atoms with Gasteiger partial charge in [0.2, 0.25) is 5.88 Å². The van der Waals surface area contributed by atoms with E-state index < -0.39 is 17.6 Å². The largest absolute Gasteiger partial charge is 0.472 e. The summed E-state index contributed by atoms with van der Waals surface area (Å²) in [6.45, 7) is 0.838. The molecule has 0 fully saturated rings. The number of aromatic nitrogens is 1. The maximum absolute atomic E-state index is 13.4. The van der Waals surface area contributed by atoms with Crippen LogP contribution in [0, 0.1) is 0 Å². The number of hydrogen-bond donors (Lipinski definition) is 0. The van der Waals surface area contributed by atoms with E-state index in [0.717, 1.165) is 18.6 Å². The van der Waals surface area contributed by atoms with Gasteiger partial charge in [0.15, 0.2) is 0 Å². The van der Waals surface area contributed by atoms with E-state index in [2.05, 4.69) is 9.72 Å². The molecule has 0 bridgehead atoms. The van der Waals surface area contributed by atoms with Crippen molar-refractivity contribution in [3.8, 4) is 5.88 Å². The van der Waals surface area contributed by atoms with Crippen LogP contribution in [0.5, 0.6) is 5.88 Å². The normalized spacial score (nSPS) is 11.1. The van der Waals surface area contributed by atoms with Crippen LogP contribution >= 0.6 is 0 Å². The molecule has 0 radical (unpaired) electrons. The lowest BCUT2D eigenvalue weighted by molar-refractivity contribution is 0.0118. The Morgan fingerprint density at radius 3 is 2.45 bits per heavy atom. The fourth-order valence-corrected chi connectivity index (χ4v) is 1.79. The topological polar surface area (TPSA) is 48.4 Å². The van der Waals surface area contributed by atoms with Crippen LogP contribution in [0.4, 0.5) is 8.78 Å². The Bertz CT molecular complexity index is 654. The highest BCUT2D eigenvalue weighted by Crippen LogP contribution is 2.29.